The molecule has 0 heterocycles. The summed E-state index contributed by atoms with van der Waals surface area (Å²) in [5.74, 6) is 3.78. The SMILES string of the molecule is CCC1C(O)[C@@H]2[C@@H](CC[C@]3(C)[C@@H](C(C)CCO)CC[C@@H]23)[C@@]2(C)CCC(O)C[C@@H]12. The minimum Gasteiger partial charge on any atom is -0.396 e. The first-order valence-electron chi connectivity index (χ1n) is 12.2. The first kappa shape index (κ1) is 21.1. The Balaban J connectivity index is 1.67. The topological polar surface area (TPSA) is 60.7 Å². The number of hydrogen-bond donors (Lipinski definition) is 3. The average Bonchev–Trinajstić information content (AvgIpc) is 3.01. The van der Waals surface area contributed by atoms with Crippen LogP contribution in [0.1, 0.15) is 85.5 Å². The van der Waals surface area contributed by atoms with Crippen molar-refractivity contribution in [2.24, 2.45) is 52.3 Å². The standard InChI is InChI=1S/C25H44O3/c1-5-17-21-14-16(27)8-11-25(21,4)20-9-12-24(3)18(15(2)10-13-26)6-7-19(24)22(20)23(17)28/h15-23,26-28H,5-14H2,1-4H3/t15?,16?,17?,18-,19+,20-,21+,22+,23?,24-,25-/m1/s1. The van der Waals surface area contributed by atoms with Gasteiger partial charge in [0.2, 0.25) is 0 Å². The number of hydrogen-bond acceptors (Lipinski definition) is 3. The smallest absolute Gasteiger partial charge is 0.0605 e. The summed E-state index contributed by atoms with van der Waals surface area (Å²) in [4.78, 5) is 0. The Labute approximate surface area is 172 Å². The van der Waals surface area contributed by atoms with Gasteiger partial charge in [0.05, 0.1) is 12.2 Å². The van der Waals surface area contributed by atoms with Crippen molar-refractivity contribution < 1.29 is 15.3 Å². The lowest BCUT2D eigenvalue weighted by Crippen LogP contribution is -2.62. The van der Waals surface area contributed by atoms with Gasteiger partial charge in [-0.25, -0.2) is 0 Å². The molecule has 0 saturated heterocycles. The highest BCUT2D eigenvalue weighted by Gasteiger charge is 2.64. The van der Waals surface area contributed by atoms with Crippen LogP contribution >= 0.6 is 0 Å². The summed E-state index contributed by atoms with van der Waals surface area (Å²) in [6.07, 6.45) is 9.62. The fraction of sp³-hybridized carbons (Fsp3) is 1.00. The van der Waals surface area contributed by atoms with E-state index in [1.807, 2.05) is 0 Å². The van der Waals surface area contributed by atoms with Crippen molar-refractivity contribution in [1.82, 2.24) is 0 Å². The van der Waals surface area contributed by atoms with Gasteiger partial charge in [-0.1, -0.05) is 34.1 Å². The molecule has 4 aliphatic carbocycles. The molecule has 0 radical (unpaired) electrons. The Kier molecular flexibility index (Phi) is 5.69. The van der Waals surface area contributed by atoms with Crippen LogP contribution in [0, 0.1) is 52.3 Å². The van der Waals surface area contributed by atoms with Gasteiger partial charge in [-0.3, -0.25) is 0 Å². The van der Waals surface area contributed by atoms with Crippen LogP contribution in [0.5, 0.6) is 0 Å². The fourth-order valence-electron chi connectivity index (χ4n) is 9.34. The summed E-state index contributed by atoms with van der Waals surface area (Å²) < 4.78 is 0. The van der Waals surface area contributed by atoms with E-state index in [1.165, 1.54) is 25.7 Å². The van der Waals surface area contributed by atoms with E-state index in [2.05, 4.69) is 27.7 Å². The molecule has 11 atom stereocenters. The van der Waals surface area contributed by atoms with E-state index in [0.717, 1.165) is 32.1 Å². The minimum atomic E-state index is -0.199. The molecule has 0 aromatic rings. The zero-order valence-electron chi connectivity index (χ0n) is 18.6. The Morgan fingerprint density at radius 3 is 2.29 bits per heavy atom. The zero-order valence-corrected chi connectivity index (χ0v) is 18.6. The van der Waals surface area contributed by atoms with Crippen LogP contribution in [0.2, 0.25) is 0 Å². The third-order valence-electron chi connectivity index (χ3n) is 10.7. The van der Waals surface area contributed by atoms with E-state index in [0.29, 0.717) is 58.9 Å². The molecular weight excluding hydrogens is 348 g/mol. The Morgan fingerprint density at radius 1 is 0.929 bits per heavy atom. The monoisotopic (exact) mass is 392 g/mol. The molecule has 0 aromatic heterocycles. The van der Waals surface area contributed by atoms with Gasteiger partial charge in [0.25, 0.3) is 0 Å². The normalized spacial score (nSPS) is 54.5. The third-order valence-corrected chi connectivity index (χ3v) is 10.7. The Morgan fingerprint density at radius 2 is 1.61 bits per heavy atom. The lowest BCUT2D eigenvalue weighted by Gasteiger charge is -2.64. The van der Waals surface area contributed by atoms with Gasteiger partial charge in [-0.05, 0) is 104 Å². The van der Waals surface area contributed by atoms with Crippen molar-refractivity contribution in [1.29, 1.82) is 0 Å². The van der Waals surface area contributed by atoms with Crippen LogP contribution in [0.25, 0.3) is 0 Å². The molecule has 4 unspecified atom stereocenters. The van der Waals surface area contributed by atoms with Gasteiger partial charge in [0, 0.05) is 6.61 Å². The van der Waals surface area contributed by atoms with Crippen LogP contribution in [-0.4, -0.2) is 34.1 Å². The maximum absolute atomic E-state index is 11.7. The van der Waals surface area contributed by atoms with Crippen molar-refractivity contribution in [2.75, 3.05) is 6.61 Å². The third kappa shape index (κ3) is 2.94. The predicted molar refractivity (Wildman–Crippen MR) is 113 cm³/mol. The zero-order chi connectivity index (χ0) is 20.3. The van der Waals surface area contributed by atoms with E-state index in [-0.39, 0.29) is 12.2 Å². The van der Waals surface area contributed by atoms with E-state index < -0.39 is 0 Å². The van der Waals surface area contributed by atoms with Crippen LogP contribution in [0.4, 0.5) is 0 Å². The molecule has 4 fully saturated rings. The molecular formula is C25H44O3. The maximum atomic E-state index is 11.7. The highest BCUT2D eigenvalue weighted by atomic mass is 16.3. The second-order valence-electron chi connectivity index (χ2n) is 11.6. The lowest BCUT2D eigenvalue weighted by molar-refractivity contribution is -0.203. The molecule has 28 heavy (non-hydrogen) atoms. The van der Waals surface area contributed by atoms with Crippen LogP contribution in [0.3, 0.4) is 0 Å². The summed E-state index contributed by atoms with van der Waals surface area (Å²) >= 11 is 0. The van der Waals surface area contributed by atoms with Crippen molar-refractivity contribution >= 4 is 0 Å². The molecule has 4 rings (SSSR count). The second kappa shape index (κ2) is 7.54. The van der Waals surface area contributed by atoms with Crippen LogP contribution < -0.4 is 0 Å². The van der Waals surface area contributed by atoms with E-state index >= 15 is 0 Å². The molecule has 162 valence electrons. The minimum absolute atomic E-state index is 0.167. The van der Waals surface area contributed by atoms with Gasteiger partial charge in [-0.15, -0.1) is 0 Å². The first-order chi connectivity index (χ1) is 13.3. The second-order valence-corrected chi connectivity index (χ2v) is 11.6. The summed E-state index contributed by atoms with van der Waals surface area (Å²) in [5.41, 5.74) is 0.617. The lowest BCUT2D eigenvalue weighted by atomic mass is 9.41. The molecule has 0 aromatic carbocycles. The number of aliphatic hydroxyl groups is 3. The molecule has 0 amide bonds. The molecule has 0 aliphatic heterocycles. The first-order valence-corrected chi connectivity index (χ1v) is 12.2. The molecule has 0 bridgehead atoms. The van der Waals surface area contributed by atoms with Gasteiger partial charge in [-0.2, -0.15) is 0 Å². The van der Waals surface area contributed by atoms with E-state index in [9.17, 15) is 15.3 Å². The van der Waals surface area contributed by atoms with Gasteiger partial charge >= 0.3 is 0 Å². The van der Waals surface area contributed by atoms with E-state index in [1.54, 1.807) is 0 Å². The van der Waals surface area contributed by atoms with Crippen LogP contribution in [-0.2, 0) is 0 Å². The molecule has 3 heteroatoms. The summed E-state index contributed by atoms with van der Waals surface area (Å²) in [5, 5.41) is 31.6. The summed E-state index contributed by atoms with van der Waals surface area (Å²) in [7, 11) is 0. The fourth-order valence-corrected chi connectivity index (χ4v) is 9.34. The van der Waals surface area contributed by atoms with Crippen LogP contribution in [0.15, 0.2) is 0 Å². The molecule has 4 saturated carbocycles. The van der Waals surface area contributed by atoms with Gasteiger partial charge in [0.15, 0.2) is 0 Å². The Bertz CT molecular complexity index is 564. The average molecular weight is 393 g/mol. The summed E-state index contributed by atoms with van der Waals surface area (Å²) in [6, 6.07) is 0. The molecule has 3 N–H and O–H groups in total. The van der Waals surface area contributed by atoms with Gasteiger partial charge in [0.1, 0.15) is 0 Å². The Hall–Kier alpha value is -0.120. The number of rotatable bonds is 4. The maximum Gasteiger partial charge on any atom is 0.0605 e. The van der Waals surface area contributed by atoms with Crippen molar-refractivity contribution in [3.05, 3.63) is 0 Å². The molecule has 3 nitrogen and oxygen atoms in total. The number of aliphatic hydroxyl groups excluding tert-OH is 3. The van der Waals surface area contributed by atoms with Crippen molar-refractivity contribution in [3.63, 3.8) is 0 Å². The molecule has 4 aliphatic rings. The highest BCUT2D eigenvalue weighted by molar-refractivity contribution is 5.13. The van der Waals surface area contributed by atoms with E-state index in [4.69, 9.17) is 0 Å². The largest absolute Gasteiger partial charge is 0.396 e. The predicted octanol–water partition coefficient (Wildman–Crippen LogP) is 4.63. The summed E-state index contributed by atoms with van der Waals surface area (Å²) in [6.45, 7) is 9.92. The van der Waals surface area contributed by atoms with Crippen molar-refractivity contribution in [2.45, 2.75) is 97.7 Å². The quantitative estimate of drug-likeness (QED) is 0.653. The number of fused-ring (bicyclic) bond motifs is 5. The van der Waals surface area contributed by atoms with Crippen molar-refractivity contribution in [3.8, 4) is 0 Å². The van der Waals surface area contributed by atoms with Gasteiger partial charge < -0.3 is 15.3 Å². The highest BCUT2D eigenvalue weighted by Crippen LogP contribution is 2.69. The molecule has 0 spiro atoms.